The van der Waals surface area contributed by atoms with Gasteiger partial charge >= 0.3 is 0 Å². The first-order valence-corrected chi connectivity index (χ1v) is 13.7. The Bertz CT molecular complexity index is 1710. The number of hydrogen-bond acceptors (Lipinski definition) is 2. The average molecular weight is 502 g/mol. The molecule has 0 atom stereocenters. The smallest absolute Gasteiger partial charge is 0.252 e. The maximum absolute atomic E-state index is 4.16. The minimum Gasteiger partial charge on any atom is -0.314 e. The molecule has 2 aliphatic heterocycles. The van der Waals surface area contributed by atoms with Crippen LogP contribution in [0.5, 0.6) is 0 Å². The molecule has 0 saturated heterocycles. The van der Waals surface area contributed by atoms with Crippen molar-refractivity contribution in [3.05, 3.63) is 156 Å². The maximum Gasteiger partial charge on any atom is 0.252 e. The summed E-state index contributed by atoms with van der Waals surface area (Å²) in [6.45, 7) is 11.2. The summed E-state index contributed by atoms with van der Waals surface area (Å²) in [5.41, 5.74) is 14.0. The van der Waals surface area contributed by atoms with Gasteiger partial charge in [0, 0.05) is 39.6 Å². The summed E-state index contributed by atoms with van der Waals surface area (Å²) in [5, 5.41) is 0. The Kier molecular flexibility index (Phi) is 5.31. The lowest BCUT2D eigenvalue weighted by atomic mass is 9.31. The molecule has 0 amide bonds. The van der Waals surface area contributed by atoms with Crippen LogP contribution in [0.2, 0.25) is 0 Å². The zero-order valence-electron chi connectivity index (χ0n) is 22.7. The van der Waals surface area contributed by atoms with Gasteiger partial charge in [0.1, 0.15) is 0 Å². The molecular formula is C36H31BN2. The molecule has 7 rings (SSSR count). The second-order valence-corrected chi connectivity index (χ2v) is 10.9. The minimum atomic E-state index is -0.165. The van der Waals surface area contributed by atoms with Gasteiger partial charge in [-0.3, -0.25) is 0 Å². The van der Waals surface area contributed by atoms with Crippen LogP contribution in [0.4, 0.5) is 22.7 Å². The van der Waals surface area contributed by atoms with E-state index in [1.807, 2.05) is 6.08 Å². The van der Waals surface area contributed by atoms with Gasteiger partial charge in [0.25, 0.3) is 6.71 Å². The molecule has 0 aromatic heterocycles. The first kappa shape index (κ1) is 23.6. The van der Waals surface area contributed by atoms with Crippen LogP contribution in [0.25, 0.3) is 5.47 Å². The highest BCUT2D eigenvalue weighted by Gasteiger charge is 2.52. The van der Waals surface area contributed by atoms with Crippen LogP contribution in [-0.4, -0.2) is 6.71 Å². The van der Waals surface area contributed by atoms with Gasteiger partial charge in [-0.1, -0.05) is 105 Å². The third-order valence-electron chi connectivity index (χ3n) is 8.53. The molecule has 0 spiro atoms. The van der Waals surface area contributed by atoms with Crippen LogP contribution in [0.1, 0.15) is 31.9 Å². The van der Waals surface area contributed by atoms with Crippen molar-refractivity contribution >= 4 is 40.4 Å². The van der Waals surface area contributed by atoms with E-state index < -0.39 is 0 Å². The molecule has 0 N–H and O–H groups in total. The zero-order valence-corrected chi connectivity index (χ0v) is 22.7. The van der Waals surface area contributed by atoms with Gasteiger partial charge in [0.05, 0.1) is 0 Å². The maximum atomic E-state index is 4.16. The molecule has 0 fully saturated rings. The fraction of sp³-hybridized carbons (Fsp3) is 0.111. The van der Waals surface area contributed by atoms with Gasteiger partial charge in [-0.25, -0.2) is 0 Å². The fourth-order valence-corrected chi connectivity index (χ4v) is 7.06. The lowest BCUT2D eigenvalue weighted by molar-refractivity contribution is 0.626. The van der Waals surface area contributed by atoms with Gasteiger partial charge in [0.15, 0.2) is 0 Å². The molecule has 3 heteroatoms. The number of anilines is 4. The third kappa shape index (κ3) is 3.23. The molecule has 1 aliphatic carbocycles. The van der Waals surface area contributed by atoms with Crippen molar-refractivity contribution in [3.63, 3.8) is 0 Å². The summed E-state index contributed by atoms with van der Waals surface area (Å²) in [5.74, 6) is 0. The Morgan fingerprint density at radius 3 is 1.95 bits per heavy atom. The van der Waals surface area contributed by atoms with Crippen LogP contribution in [0.15, 0.2) is 145 Å². The summed E-state index contributed by atoms with van der Waals surface area (Å²) in [4.78, 5) is 4.95. The molecule has 4 aromatic rings. The van der Waals surface area contributed by atoms with E-state index in [-0.39, 0.29) is 12.1 Å². The molecule has 2 nitrogen and oxygen atoms in total. The first-order chi connectivity index (χ1) is 19.1. The van der Waals surface area contributed by atoms with E-state index in [4.69, 9.17) is 0 Å². The second-order valence-electron chi connectivity index (χ2n) is 10.9. The summed E-state index contributed by atoms with van der Waals surface area (Å²) in [7, 11) is 0. The van der Waals surface area contributed by atoms with E-state index in [9.17, 15) is 0 Å². The predicted octanol–water partition coefficient (Wildman–Crippen LogP) is 8.49. The summed E-state index contributed by atoms with van der Waals surface area (Å²) in [6.07, 6.45) is 6.44. The Morgan fingerprint density at radius 1 is 0.718 bits per heavy atom. The number of rotatable bonds is 3. The molecule has 0 unspecified atom stereocenters. The number of nitrogens with zero attached hydrogens (tertiary/aromatic N) is 2. The van der Waals surface area contributed by atoms with E-state index in [0.29, 0.717) is 0 Å². The van der Waals surface area contributed by atoms with E-state index in [2.05, 4.69) is 152 Å². The molecular weight excluding hydrogens is 471 g/mol. The number of fused-ring (bicyclic) bond motifs is 3. The van der Waals surface area contributed by atoms with Crippen molar-refractivity contribution in [1.82, 2.24) is 0 Å². The largest absolute Gasteiger partial charge is 0.314 e. The third-order valence-corrected chi connectivity index (χ3v) is 8.53. The molecule has 0 saturated carbocycles. The molecule has 0 bridgehead atoms. The number of allylic oxidation sites excluding steroid dienone is 5. The van der Waals surface area contributed by atoms with Crippen LogP contribution in [-0.2, 0) is 5.41 Å². The summed E-state index contributed by atoms with van der Waals surface area (Å²) < 4.78 is 0. The minimum absolute atomic E-state index is 0.0956. The highest BCUT2D eigenvalue weighted by molar-refractivity contribution is 6.99. The topological polar surface area (TPSA) is 6.48 Å². The van der Waals surface area contributed by atoms with Gasteiger partial charge in [-0.15, -0.1) is 0 Å². The van der Waals surface area contributed by atoms with Crippen LogP contribution in [0, 0.1) is 0 Å². The SMILES string of the molecule is C=C/C=C1/B2C3=C(N(c4ccccc4)c4cccc(c42)N(c2ccccc2)/C1=C/C)C(C)(C)c1ccccc13. The summed E-state index contributed by atoms with van der Waals surface area (Å²) in [6, 6.07) is 37.4. The van der Waals surface area contributed by atoms with Gasteiger partial charge in [-0.2, -0.15) is 0 Å². The standard InChI is InChI=1S/C36H31BN2/c1-5-16-29-30(6-2)38(25-17-9-7-10-18-25)31-23-15-24-32-34(31)37(29)33-27-21-13-14-22-28(27)36(3,4)35(33)39(32)26-19-11-8-12-20-26/h5-24H,1H2,2-4H3/b29-16+,30-6+. The quantitative estimate of drug-likeness (QED) is 0.259. The Balaban J connectivity index is 1.64. The second kappa shape index (κ2) is 8.78. The highest BCUT2D eigenvalue weighted by Crippen LogP contribution is 2.56. The van der Waals surface area contributed by atoms with Gasteiger partial charge < -0.3 is 9.80 Å². The number of para-hydroxylation sites is 2. The first-order valence-electron chi connectivity index (χ1n) is 13.7. The van der Waals surface area contributed by atoms with Gasteiger partial charge in [0.2, 0.25) is 0 Å². The van der Waals surface area contributed by atoms with E-state index in [0.717, 1.165) is 5.69 Å². The molecule has 4 aromatic carbocycles. The van der Waals surface area contributed by atoms with E-state index in [1.165, 1.54) is 56.0 Å². The summed E-state index contributed by atoms with van der Waals surface area (Å²) >= 11 is 0. The van der Waals surface area contributed by atoms with Crippen molar-refractivity contribution in [2.24, 2.45) is 0 Å². The van der Waals surface area contributed by atoms with Crippen molar-refractivity contribution in [2.45, 2.75) is 26.2 Å². The molecule has 188 valence electrons. The van der Waals surface area contributed by atoms with E-state index >= 15 is 0 Å². The van der Waals surface area contributed by atoms with Crippen molar-refractivity contribution in [1.29, 1.82) is 0 Å². The van der Waals surface area contributed by atoms with Crippen molar-refractivity contribution in [3.8, 4) is 0 Å². The number of hydrogen-bond donors (Lipinski definition) is 0. The molecule has 2 heterocycles. The number of benzene rings is 4. The Morgan fingerprint density at radius 2 is 1.31 bits per heavy atom. The normalized spacial score (nSPS) is 18.8. The van der Waals surface area contributed by atoms with Crippen molar-refractivity contribution < 1.29 is 0 Å². The van der Waals surface area contributed by atoms with Crippen LogP contribution >= 0.6 is 0 Å². The fourth-order valence-electron chi connectivity index (χ4n) is 7.06. The zero-order chi connectivity index (χ0) is 26.7. The van der Waals surface area contributed by atoms with Gasteiger partial charge in [-0.05, 0) is 70.9 Å². The molecule has 3 aliphatic rings. The monoisotopic (exact) mass is 502 g/mol. The van der Waals surface area contributed by atoms with Crippen molar-refractivity contribution in [2.75, 3.05) is 9.80 Å². The van der Waals surface area contributed by atoms with Crippen LogP contribution in [0.3, 0.4) is 0 Å². The Hall–Kier alpha value is -4.50. The molecule has 39 heavy (non-hydrogen) atoms. The van der Waals surface area contributed by atoms with E-state index in [1.54, 1.807) is 0 Å². The molecule has 0 radical (unpaired) electrons. The Labute approximate surface area is 232 Å². The van der Waals surface area contributed by atoms with Crippen LogP contribution < -0.4 is 15.3 Å². The predicted molar refractivity (Wildman–Crippen MR) is 167 cm³/mol. The highest BCUT2D eigenvalue weighted by atomic mass is 15.2. The lowest BCUT2D eigenvalue weighted by Crippen LogP contribution is -2.51. The average Bonchev–Trinajstić information content (AvgIpc) is 3.21. The lowest BCUT2D eigenvalue weighted by Gasteiger charge is -2.47.